The van der Waals surface area contributed by atoms with Crippen molar-refractivity contribution in [1.82, 2.24) is 9.97 Å². The molecule has 1 aromatic carbocycles. The van der Waals surface area contributed by atoms with Crippen molar-refractivity contribution in [3.8, 4) is 17.0 Å². The van der Waals surface area contributed by atoms with Crippen LogP contribution in [-0.2, 0) is 16.0 Å². The number of piperidine rings is 1. The molecule has 0 saturated carbocycles. The smallest absolute Gasteiger partial charge is 0.337 e. The van der Waals surface area contributed by atoms with E-state index in [0.717, 1.165) is 48.4 Å². The first-order valence-electron chi connectivity index (χ1n) is 14.2. The molecule has 1 N–H and O–H groups in total. The molecular formula is C33H42FN3O4. The SMILES string of the molecule is Cc1nc(-c2cnc(C)c(C(OC(C)(C)C)C(=O)O)c2N2CCC(C)(C)CC2)ccc1OCCc1ccc(F)cc1. The normalized spacial score (nSPS) is 16.0. The van der Waals surface area contributed by atoms with Crippen LogP contribution in [0.5, 0.6) is 5.75 Å². The summed E-state index contributed by atoms with van der Waals surface area (Å²) in [5.74, 6) is -0.641. The predicted octanol–water partition coefficient (Wildman–Crippen LogP) is 7.09. The van der Waals surface area contributed by atoms with E-state index in [0.29, 0.717) is 35.7 Å². The third-order valence-electron chi connectivity index (χ3n) is 7.55. The molecule has 41 heavy (non-hydrogen) atoms. The fraction of sp³-hybridized carbons (Fsp3) is 0.485. The Balaban J connectivity index is 1.71. The summed E-state index contributed by atoms with van der Waals surface area (Å²) in [5.41, 5.74) is 4.75. The number of hydrogen-bond donors (Lipinski definition) is 1. The van der Waals surface area contributed by atoms with Crippen LogP contribution in [0.1, 0.15) is 76.1 Å². The number of anilines is 1. The van der Waals surface area contributed by atoms with E-state index in [1.807, 2.05) is 46.8 Å². The van der Waals surface area contributed by atoms with Crippen LogP contribution in [0.2, 0.25) is 0 Å². The summed E-state index contributed by atoms with van der Waals surface area (Å²) in [7, 11) is 0. The number of aromatic nitrogens is 2. The Morgan fingerprint density at radius 3 is 2.32 bits per heavy atom. The van der Waals surface area contributed by atoms with E-state index in [9.17, 15) is 14.3 Å². The van der Waals surface area contributed by atoms with Gasteiger partial charge in [0.15, 0.2) is 6.10 Å². The lowest BCUT2D eigenvalue weighted by Crippen LogP contribution is -2.39. The standard InChI is InChI=1S/C33H42FN3O4/c1-21-27(40-19-14-23-8-10-24(34)11-9-23)13-12-26(36-21)25-20-35-22(2)28(30(31(38)39)41-32(3,4)5)29(25)37-17-15-33(6,7)16-18-37/h8-13,20,30H,14-19H2,1-7H3,(H,38,39). The van der Waals surface area contributed by atoms with Gasteiger partial charge in [0.1, 0.15) is 11.6 Å². The van der Waals surface area contributed by atoms with Crippen LogP contribution < -0.4 is 9.64 Å². The third-order valence-corrected chi connectivity index (χ3v) is 7.55. The van der Waals surface area contributed by atoms with Crippen molar-refractivity contribution >= 4 is 11.7 Å². The van der Waals surface area contributed by atoms with E-state index in [-0.39, 0.29) is 11.2 Å². The number of carboxylic acids is 1. The fourth-order valence-electron chi connectivity index (χ4n) is 5.15. The molecule has 2 aromatic heterocycles. The van der Waals surface area contributed by atoms with Crippen molar-refractivity contribution in [1.29, 1.82) is 0 Å². The number of halogens is 1. The van der Waals surface area contributed by atoms with Crippen LogP contribution in [0.4, 0.5) is 10.1 Å². The van der Waals surface area contributed by atoms with Crippen LogP contribution in [0.15, 0.2) is 42.6 Å². The van der Waals surface area contributed by atoms with Crippen LogP contribution in [-0.4, -0.2) is 46.3 Å². The predicted molar refractivity (Wildman–Crippen MR) is 159 cm³/mol. The summed E-state index contributed by atoms with van der Waals surface area (Å²) in [6, 6.07) is 10.2. The van der Waals surface area contributed by atoms with Gasteiger partial charge in [0.05, 0.1) is 29.3 Å². The molecule has 0 aliphatic carbocycles. The molecule has 220 valence electrons. The van der Waals surface area contributed by atoms with E-state index in [1.165, 1.54) is 12.1 Å². The van der Waals surface area contributed by atoms with Gasteiger partial charge in [-0.2, -0.15) is 0 Å². The van der Waals surface area contributed by atoms with Crippen molar-refractivity contribution in [2.24, 2.45) is 5.41 Å². The van der Waals surface area contributed by atoms with Crippen molar-refractivity contribution in [2.75, 3.05) is 24.6 Å². The monoisotopic (exact) mass is 563 g/mol. The zero-order valence-corrected chi connectivity index (χ0v) is 25.3. The number of carboxylic acid groups (broad SMARTS) is 1. The molecule has 1 atom stereocenters. The Hall–Kier alpha value is -3.52. The number of carbonyl (C=O) groups is 1. The maximum absolute atomic E-state index is 13.2. The molecule has 1 aliphatic rings. The Morgan fingerprint density at radius 1 is 1.07 bits per heavy atom. The maximum atomic E-state index is 13.2. The first-order chi connectivity index (χ1) is 19.2. The average Bonchev–Trinajstić information content (AvgIpc) is 2.89. The first-order valence-corrected chi connectivity index (χ1v) is 14.2. The second kappa shape index (κ2) is 12.1. The number of aliphatic carboxylic acids is 1. The zero-order valence-electron chi connectivity index (χ0n) is 25.3. The minimum Gasteiger partial charge on any atom is -0.491 e. The minimum atomic E-state index is -1.18. The van der Waals surface area contributed by atoms with Crippen molar-refractivity contribution in [3.05, 3.63) is 70.9 Å². The van der Waals surface area contributed by atoms with Crippen molar-refractivity contribution in [3.63, 3.8) is 0 Å². The van der Waals surface area contributed by atoms with E-state index >= 15 is 0 Å². The van der Waals surface area contributed by atoms with Crippen molar-refractivity contribution < 1.29 is 23.8 Å². The van der Waals surface area contributed by atoms with Crippen LogP contribution >= 0.6 is 0 Å². The molecule has 4 rings (SSSR count). The quantitative estimate of drug-likeness (QED) is 0.298. The highest BCUT2D eigenvalue weighted by atomic mass is 19.1. The first kappa shape index (κ1) is 30.4. The summed E-state index contributed by atoms with van der Waals surface area (Å²) in [6.07, 6.45) is 3.23. The average molecular weight is 564 g/mol. The number of pyridine rings is 2. The van der Waals surface area contributed by atoms with Crippen molar-refractivity contribution in [2.45, 2.75) is 79.4 Å². The summed E-state index contributed by atoms with van der Waals surface area (Å²) in [6.45, 7) is 15.9. The highest BCUT2D eigenvalue weighted by molar-refractivity contribution is 5.85. The van der Waals surface area contributed by atoms with Gasteiger partial charge >= 0.3 is 5.97 Å². The fourth-order valence-corrected chi connectivity index (χ4v) is 5.15. The van der Waals surface area contributed by atoms with Crippen LogP contribution in [0.3, 0.4) is 0 Å². The van der Waals surface area contributed by atoms with Gasteiger partial charge in [-0.25, -0.2) is 14.2 Å². The van der Waals surface area contributed by atoms with Crippen LogP contribution in [0, 0.1) is 25.1 Å². The highest BCUT2D eigenvalue weighted by Crippen LogP contribution is 2.43. The summed E-state index contributed by atoms with van der Waals surface area (Å²) in [4.78, 5) is 24.4. The molecule has 0 amide bonds. The Kier molecular flexibility index (Phi) is 9.02. The van der Waals surface area contributed by atoms with Gasteiger partial charge in [-0.3, -0.25) is 4.98 Å². The number of rotatable bonds is 9. The lowest BCUT2D eigenvalue weighted by Gasteiger charge is -2.40. The largest absolute Gasteiger partial charge is 0.491 e. The second-order valence-corrected chi connectivity index (χ2v) is 12.6. The lowest BCUT2D eigenvalue weighted by atomic mass is 9.82. The summed E-state index contributed by atoms with van der Waals surface area (Å²) < 4.78 is 25.4. The molecule has 8 heteroatoms. The molecule has 0 bridgehead atoms. The van der Waals surface area contributed by atoms with E-state index in [1.54, 1.807) is 18.3 Å². The Morgan fingerprint density at radius 2 is 1.73 bits per heavy atom. The number of nitrogens with zero attached hydrogens (tertiary/aromatic N) is 3. The molecular weight excluding hydrogens is 521 g/mol. The van der Waals surface area contributed by atoms with E-state index in [4.69, 9.17) is 14.5 Å². The molecule has 3 aromatic rings. The number of ether oxygens (including phenoxy) is 2. The van der Waals surface area contributed by atoms with Gasteiger partial charge in [0.25, 0.3) is 0 Å². The molecule has 7 nitrogen and oxygen atoms in total. The maximum Gasteiger partial charge on any atom is 0.337 e. The number of benzene rings is 1. The topological polar surface area (TPSA) is 84.8 Å². The minimum absolute atomic E-state index is 0.217. The second-order valence-electron chi connectivity index (χ2n) is 12.6. The molecule has 0 spiro atoms. The van der Waals surface area contributed by atoms with Gasteiger partial charge in [-0.15, -0.1) is 0 Å². The third kappa shape index (κ3) is 7.61. The molecule has 0 radical (unpaired) electrons. The van der Waals surface area contributed by atoms with Gasteiger partial charge in [-0.05, 0) is 82.7 Å². The summed E-state index contributed by atoms with van der Waals surface area (Å²) >= 11 is 0. The van der Waals surface area contributed by atoms with Gasteiger partial charge < -0.3 is 19.5 Å². The Labute approximate surface area is 242 Å². The lowest BCUT2D eigenvalue weighted by molar-refractivity contribution is -0.160. The zero-order chi connectivity index (χ0) is 29.9. The highest BCUT2D eigenvalue weighted by Gasteiger charge is 2.36. The molecule has 1 aliphatic heterocycles. The van der Waals surface area contributed by atoms with E-state index < -0.39 is 17.7 Å². The Bertz CT molecular complexity index is 1370. The molecule has 1 fully saturated rings. The van der Waals surface area contributed by atoms with E-state index in [2.05, 4.69) is 23.7 Å². The van der Waals surface area contributed by atoms with Crippen LogP contribution in [0.25, 0.3) is 11.3 Å². The molecule has 1 unspecified atom stereocenters. The summed E-state index contributed by atoms with van der Waals surface area (Å²) in [5, 5.41) is 10.3. The molecule has 3 heterocycles. The van der Waals surface area contributed by atoms with Gasteiger partial charge in [0.2, 0.25) is 0 Å². The van der Waals surface area contributed by atoms with Gasteiger partial charge in [-0.1, -0.05) is 26.0 Å². The van der Waals surface area contributed by atoms with Gasteiger partial charge in [0, 0.05) is 42.5 Å². The molecule has 1 saturated heterocycles. The number of aryl methyl sites for hydroxylation is 2. The number of hydrogen-bond acceptors (Lipinski definition) is 6.